The SMILES string of the molecule is CS(=O)(=O)N1CCc2cc(C(=O)NCc3nc(-c4cccc(Cl)c4)no3)ccc21. The molecular formula is C19H17ClN4O4S. The molecule has 0 atom stereocenters. The van der Waals surface area contributed by atoms with Crippen LogP contribution in [0.4, 0.5) is 5.69 Å². The van der Waals surface area contributed by atoms with Gasteiger partial charge in [-0.15, -0.1) is 0 Å². The van der Waals surface area contributed by atoms with Gasteiger partial charge in [0.05, 0.1) is 18.5 Å². The molecule has 8 nitrogen and oxygen atoms in total. The van der Waals surface area contributed by atoms with Crippen LogP contribution in [0.15, 0.2) is 47.0 Å². The molecule has 1 N–H and O–H groups in total. The van der Waals surface area contributed by atoms with E-state index in [1.165, 1.54) is 10.6 Å². The van der Waals surface area contributed by atoms with Crippen LogP contribution >= 0.6 is 11.6 Å². The molecule has 1 aliphatic rings. The van der Waals surface area contributed by atoms with Crippen molar-refractivity contribution in [2.24, 2.45) is 0 Å². The number of carbonyl (C=O) groups is 1. The van der Waals surface area contributed by atoms with Crippen molar-refractivity contribution in [3.05, 3.63) is 64.5 Å². The molecule has 0 saturated carbocycles. The topological polar surface area (TPSA) is 105 Å². The highest BCUT2D eigenvalue weighted by Crippen LogP contribution is 2.30. The summed E-state index contributed by atoms with van der Waals surface area (Å²) < 4.78 is 30.2. The van der Waals surface area contributed by atoms with Gasteiger partial charge < -0.3 is 9.84 Å². The van der Waals surface area contributed by atoms with Crippen LogP contribution in [0.2, 0.25) is 5.02 Å². The Morgan fingerprint density at radius 2 is 2.10 bits per heavy atom. The highest BCUT2D eigenvalue weighted by Gasteiger charge is 2.26. The molecule has 150 valence electrons. The van der Waals surface area contributed by atoms with Gasteiger partial charge in [0.2, 0.25) is 21.7 Å². The minimum absolute atomic E-state index is 0.0684. The van der Waals surface area contributed by atoms with Crippen molar-refractivity contribution in [2.45, 2.75) is 13.0 Å². The zero-order valence-electron chi connectivity index (χ0n) is 15.4. The summed E-state index contributed by atoms with van der Waals surface area (Å²) in [4.78, 5) is 16.7. The average molecular weight is 433 g/mol. The molecule has 1 amide bonds. The molecule has 0 aliphatic carbocycles. The molecule has 4 rings (SSSR count). The Labute approximate surface area is 172 Å². The Morgan fingerprint density at radius 1 is 1.28 bits per heavy atom. The van der Waals surface area contributed by atoms with Crippen molar-refractivity contribution in [1.82, 2.24) is 15.5 Å². The van der Waals surface area contributed by atoms with E-state index in [0.717, 1.165) is 5.56 Å². The molecule has 3 aromatic rings. The van der Waals surface area contributed by atoms with E-state index in [0.29, 0.717) is 40.6 Å². The van der Waals surface area contributed by atoms with Gasteiger partial charge in [0.25, 0.3) is 5.91 Å². The van der Waals surface area contributed by atoms with E-state index < -0.39 is 10.0 Å². The molecule has 29 heavy (non-hydrogen) atoms. The van der Waals surface area contributed by atoms with Gasteiger partial charge in [0.15, 0.2) is 0 Å². The van der Waals surface area contributed by atoms with Gasteiger partial charge in [0.1, 0.15) is 0 Å². The minimum atomic E-state index is -3.32. The third-order valence-electron chi connectivity index (χ3n) is 4.55. The molecule has 2 heterocycles. The van der Waals surface area contributed by atoms with Gasteiger partial charge in [-0.25, -0.2) is 8.42 Å². The zero-order chi connectivity index (χ0) is 20.6. The number of benzene rings is 2. The Kier molecular flexibility index (Phi) is 5.01. The van der Waals surface area contributed by atoms with E-state index >= 15 is 0 Å². The number of amides is 1. The average Bonchev–Trinajstić information content (AvgIpc) is 3.32. The maximum absolute atomic E-state index is 12.5. The van der Waals surface area contributed by atoms with E-state index in [1.807, 2.05) is 6.07 Å². The molecule has 2 aromatic carbocycles. The normalized spacial score (nSPS) is 13.4. The summed E-state index contributed by atoms with van der Waals surface area (Å²) in [7, 11) is -3.32. The van der Waals surface area contributed by atoms with Gasteiger partial charge in [-0.05, 0) is 42.3 Å². The molecular weight excluding hydrogens is 416 g/mol. The lowest BCUT2D eigenvalue weighted by molar-refractivity contribution is 0.0946. The lowest BCUT2D eigenvalue weighted by Crippen LogP contribution is -2.27. The minimum Gasteiger partial charge on any atom is -0.343 e. The molecule has 0 radical (unpaired) electrons. The predicted molar refractivity (Wildman–Crippen MR) is 108 cm³/mol. The molecule has 1 aromatic heterocycles. The lowest BCUT2D eigenvalue weighted by Gasteiger charge is -2.16. The number of halogens is 1. The number of nitrogens with zero attached hydrogens (tertiary/aromatic N) is 3. The van der Waals surface area contributed by atoms with E-state index in [-0.39, 0.29) is 18.3 Å². The van der Waals surface area contributed by atoms with Crippen LogP contribution in [0.1, 0.15) is 21.8 Å². The second-order valence-electron chi connectivity index (χ2n) is 6.63. The van der Waals surface area contributed by atoms with Crippen LogP contribution in [0.5, 0.6) is 0 Å². The molecule has 0 bridgehead atoms. The van der Waals surface area contributed by atoms with Gasteiger partial charge in [-0.2, -0.15) is 4.98 Å². The fourth-order valence-corrected chi connectivity index (χ4v) is 4.34. The van der Waals surface area contributed by atoms with Gasteiger partial charge in [-0.1, -0.05) is 28.9 Å². The van der Waals surface area contributed by atoms with Gasteiger partial charge in [-0.3, -0.25) is 9.10 Å². The Morgan fingerprint density at radius 3 is 2.86 bits per heavy atom. The zero-order valence-corrected chi connectivity index (χ0v) is 17.0. The van der Waals surface area contributed by atoms with Crippen LogP contribution in [0.25, 0.3) is 11.4 Å². The first-order chi connectivity index (χ1) is 13.8. The lowest BCUT2D eigenvalue weighted by atomic mass is 10.1. The van der Waals surface area contributed by atoms with E-state index in [2.05, 4.69) is 15.5 Å². The van der Waals surface area contributed by atoms with Crippen molar-refractivity contribution in [2.75, 3.05) is 17.1 Å². The van der Waals surface area contributed by atoms with Gasteiger partial charge >= 0.3 is 0 Å². The first-order valence-corrected chi connectivity index (χ1v) is 11.0. The Bertz CT molecular complexity index is 1190. The maximum atomic E-state index is 12.5. The van der Waals surface area contributed by atoms with Crippen LogP contribution in [-0.2, 0) is 23.0 Å². The van der Waals surface area contributed by atoms with E-state index in [1.54, 1.807) is 36.4 Å². The Hall–Kier alpha value is -2.91. The third-order valence-corrected chi connectivity index (χ3v) is 5.96. The summed E-state index contributed by atoms with van der Waals surface area (Å²) in [6.45, 7) is 0.451. The number of hydrogen-bond acceptors (Lipinski definition) is 6. The largest absolute Gasteiger partial charge is 0.343 e. The molecule has 0 fully saturated rings. The van der Waals surface area contributed by atoms with Crippen LogP contribution in [0.3, 0.4) is 0 Å². The monoisotopic (exact) mass is 432 g/mol. The first-order valence-electron chi connectivity index (χ1n) is 8.78. The highest BCUT2D eigenvalue weighted by molar-refractivity contribution is 7.92. The smallest absolute Gasteiger partial charge is 0.251 e. The van der Waals surface area contributed by atoms with E-state index in [4.69, 9.17) is 16.1 Å². The second kappa shape index (κ2) is 7.49. The highest BCUT2D eigenvalue weighted by atomic mass is 35.5. The molecule has 0 saturated heterocycles. The molecule has 1 aliphatic heterocycles. The number of hydrogen-bond donors (Lipinski definition) is 1. The predicted octanol–water partition coefficient (Wildman–Crippen LogP) is 2.64. The maximum Gasteiger partial charge on any atom is 0.251 e. The second-order valence-corrected chi connectivity index (χ2v) is 8.98. The van der Waals surface area contributed by atoms with Crippen LogP contribution < -0.4 is 9.62 Å². The number of anilines is 1. The van der Waals surface area contributed by atoms with Crippen molar-refractivity contribution < 1.29 is 17.7 Å². The molecule has 0 spiro atoms. The fraction of sp³-hybridized carbons (Fsp3) is 0.211. The van der Waals surface area contributed by atoms with Crippen molar-refractivity contribution >= 4 is 33.2 Å². The number of rotatable bonds is 5. The van der Waals surface area contributed by atoms with Crippen molar-refractivity contribution in [3.63, 3.8) is 0 Å². The summed E-state index contributed by atoms with van der Waals surface area (Å²) in [5.74, 6) is 0.334. The quantitative estimate of drug-likeness (QED) is 0.664. The summed E-state index contributed by atoms with van der Waals surface area (Å²) in [6, 6.07) is 12.0. The number of sulfonamides is 1. The summed E-state index contributed by atoms with van der Waals surface area (Å²) in [5.41, 5.74) is 2.60. The number of aromatic nitrogens is 2. The summed E-state index contributed by atoms with van der Waals surface area (Å²) in [5, 5.41) is 7.19. The van der Waals surface area contributed by atoms with Crippen molar-refractivity contribution in [3.8, 4) is 11.4 Å². The number of fused-ring (bicyclic) bond motifs is 1. The number of carbonyl (C=O) groups excluding carboxylic acids is 1. The van der Waals surface area contributed by atoms with Crippen molar-refractivity contribution in [1.29, 1.82) is 0 Å². The molecule has 10 heteroatoms. The standard InChI is InChI=1S/C19H17ClN4O4S/c1-29(26,27)24-8-7-12-9-14(5-6-16(12)24)19(25)21-11-17-22-18(23-28-17)13-3-2-4-15(20)10-13/h2-6,9-10H,7-8,11H2,1H3,(H,21,25). The summed E-state index contributed by atoms with van der Waals surface area (Å²) in [6.07, 6.45) is 1.74. The Balaban J connectivity index is 1.43. The van der Waals surface area contributed by atoms with Crippen LogP contribution in [-0.4, -0.2) is 37.3 Å². The summed E-state index contributed by atoms with van der Waals surface area (Å²) >= 11 is 5.97. The van der Waals surface area contributed by atoms with Crippen LogP contribution in [0, 0.1) is 0 Å². The van der Waals surface area contributed by atoms with E-state index in [9.17, 15) is 13.2 Å². The van der Waals surface area contributed by atoms with Gasteiger partial charge in [0, 0.05) is 22.7 Å². The molecule has 0 unspecified atom stereocenters. The fourth-order valence-electron chi connectivity index (χ4n) is 3.19. The number of nitrogens with one attached hydrogen (secondary N) is 1. The first kappa shape index (κ1) is 19.4. The third kappa shape index (κ3) is 4.10.